The quantitative estimate of drug-likeness (QED) is 0.361. The summed E-state index contributed by atoms with van der Waals surface area (Å²) in [4.78, 5) is 11.5. The van der Waals surface area contributed by atoms with Crippen LogP contribution >= 0.6 is 0 Å². The Morgan fingerprint density at radius 3 is 2.09 bits per heavy atom. The minimum absolute atomic E-state index is 0.195. The number of carbonyl (C=O) groups excluding carboxylic acids is 1. The Kier molecular flexibility index (Phi) is 17.9. The first-order valence-corrected chi connectivity index (χ1v) is 9.39. The van der Waals surface area contributed by atoms with Crippen LogP contribution in [0.5, 0.6) is 0 Å². The molecular formula is C18H38N2O2. The fourth-order valence-corrected chi connectivity index (χ4v) is 2.46. The van der Waals surface area contributed by atoms with Crippen molar-refractivity contribution in [2.24, 2.45) is 0 Å². The Labute approximate surface area is 137 Å². The van der Waals surface area contributed by atoms with Gasteiger partial charge in [-0.2, -0.15) is 0 Å². The highest BCUT2D eigenvalue weighted by molar-refractivity contribution is 5.75. The van der Waals surface area contributed by atoms with Gasteiger partial charge in [-0.1, -0.05) is 58.3 Å². The van der Waals surface area contributed by atoms with Crippen molar-refractivity contribution in [3.63, 3.8) is 0 Å². The number of nitrogens with one attached hydrogen (secondary N) is 2. The number of carbonyl (C=O) groups is 1. The minimum Gasteiger partial charge on any atom is -0.396 e. The first-order chi connectivity index (χ1) is 10.8. The molecule has 4 heteroatoms. The Hall–Kier alpha value is -0.610. The van der Waals surface area contributed by atoms with E-state index in [1.54, 1.807) is 0 Å². The van der Waals surface area contributed by atoms with Crippen LogP contribution in [0.25, 0.3) is 0 Å². The van der Waals surface area contributed by atoms with E-state index in [0.29, 0.717) is 13.0 Å². The van der Waals surface area contributed by atoms with Crippen molar-refractivity contribution >= 4 is 5.91 Å². The van der Waals surface area contributed by atoms with Gasteiger partial charge in [0.05, 0.1) is 0 Å². The molecule has 0 aromatic heterocycles. The summed E-state index contributed by atoms with van der Waals surface area (Å²) in [5.74, 6) is 0.195. The van der Waals surface area contributed by atoms with E-state index in [-0.39, 0.29) is 5.91 Å². The largest absolute Gasteiger partial charge is 0.396 e. The second-order valence-electron chi connectivity index (χ2n) is 6.11. The number of hydrogen-bond acceptors (Lipinski definition) is 3. The third kappa shape index (κ3) is 17.4. The lowest BCUT2D eigenvalue weighted by Gasteiger charge is -2.07. The molecule has 0 radical (unpaired) electrons. The van der Waals surface area contributed by atoms with Crippen molar-refractivity contribution in [2.45, 2.75) is 84.0 Å². The monoisotopic (exact) mass is 314 g/mol. The molecule has 1 amide bonds. The predicted octanol–water partition coefficient (Wildman–Crippen LogP) is 3.39. The van der Waals surface area contributed by atoms with E-state index in [1.165, 1.54) is 51.4 Å². The average molecular weight is 315 g/mol. The van der Waals surface area contributed by atoms with Crippen LogP contribution in [0.1, 0.15) is 84.0 Å². The molecule has 0 aromatic rings. The highest BCUT2D eigenvalue weighted by Gasteiger charge is 1.99. The third-order valence-corrected chi connectivity index (χ3v) is 3.89. The zero-order valence-electron chi connectivity index (χ0n) is 14.7. The summed E-state index contributed by atoms with van der Waals surface area (Å²) >= 11 is 0. The van der Waals surface area contributed by atoms with E-state index in [2.05, 4.69) is 17.6 Å². The van der Waals surface area contributed by atoms with Gasteiger partial charge in [0.2, 0.25) is 5.91 Å². The SMILES string of the molecule is CCCCCCC(=O)NCCNCCCCCCCCCO. The van der Waals surface area contributed by atoms with E-state index in [0.717, 1.165) is 38.9 Å². The molecule has 0 bridgehead atoms. The number of aliphatic hydroxyl groups excluding tert-OH is 1. The van der Waals surface area contributed by atoms with Crippen LogP contribution in [0.3, 0.4) is 0 Å². The van der Waals surface area contributed by atoms with Crippen LogP contribution < -0.4 is 10.6 Å². The van der Waals surface area contributed by atoms with E-state index < -0.39 is 0 Å². The lowest BCUT2D eigenvalue weighted by molar-refractivity contribution is -0.121. The first kappa shape index (κ1) is 21.4. The Morgan fingerprint density at radius 1 is 0.773 bits per heavy atom. The maximum absolute atomic E-state index is 11.5. The molecule has 3 N–H and O–H groups in total. The van der Waals surface area contributed by atoms with Gasteiger partial charge in [0.25, 0.3) is 0 Å². The first-order valence-electron chi connectivity index (χ1n) is 9.39. The average Bonchev–Trinajstić information content (AvgIpc) is 2.52. The van der Waals surface area contributed by atoms with Crippen LogP contribution in [-0.4, -0.2) is 37.3 Å². The Morgan fingerprint density at radius 2 is 1.41 bits per heavy atom. The predicted molar refractivity (Wildman–Crippen MR) is 94.0 cm³/mol. The van der Waals surface area contributed by atoms with Gasteiger partial charge in [-0.3, -0.25) is 4.79 Å². The van der Waals surface area contributed by atoms with Crippen LogP contribution in [0.2, 0.25) is 0 Å². The molecule has 0 aliphatic heterocycles. The summed E-state index contributed by atoms with van der Waals surface area (Å²) in [5.41, 5.74) is 0. The summed E-state index contributed by atoms with van der Waals surface area (Å²) in [6.07, 6.45) is 13.7. The van der Waals surface area contributed by atoms with Gasteiger partial charge in [-0.15, -0.1) is 0 Å². The molecule has 0 heterocycles. The summed E-state index contributed by atoms with van der Waals surface area (Å²) in [5, 5.41) is 15.0. The molecule has 0 rings (SSSR count). The zero-order valence-corrected chi connectivity index (χ0v) is 14.7. The van der Waals surface area contributed by atoms with Crippen molar-refractivity contribution in [3.8, 4) is 0 Å². The number of unbranched alkanes of at least 4 members (excludes halogenated alkanes) is 9. The maximum atomic E-state index is 11.5. The molecule has 132 valence electrons. The van der Waals surface area contributed by atoms with Crippen molar-refractivity contribution in [2.75, 3.05) is 26.2 Å². The van der Waals surface area contributed by atoms with Gasteiger partial charge in [0.1, 0.15) is 0 Å². The molecule has 0 aromatic carbocycles. The fourth-order valence-electron chi connectivity index (χ4n) is 2.46. The van der Waals surface area contributed by atoms with Gasteiger partial charge in [-0.05, 0) is 25.8 Å². The van der Waals surface area contributed by atoms with Gasteiger partial charge in [0.15, 0.2) is 0 Å². The Bertz CT molecular complexity index is 235. The zero-order chi connectivity index (χ0) is 16.3. The smallest absolute Gasteiger partial charge is 0.220 e. The summed E-state index contributed by atoms with van der Waals surface area (Å²) in [6.45, 7) is 5.18. The normalized spacial score (nSPS) is 10.8. The molecule has 4 nitrogen and oxygen atoms in total. The second kappa shape index (κ2) is 18.4. The summed E-state index contributed by atoms with van der Waals surface area (Å²) < 4.78 is 0. The lowest BCUT2D eigenvalue weighted by atomic mass is 10.1. The molecule has 0 unspecified atom stereocenters. The number of rotatable bonds is 17. The lowest BCUT2D eigenvalue weighted by Crippen LogP contribution is -2.32. The van der Waals surface area contributed by atoms with Gasteiger partial charge in [-0.25, -0.2) is 0 Å². The van der Waals surface area contributed by atoms with Crippen molar-refractivity contribution < 1.29 is 9.90 Å². The summed E-state index contributed by atoms with van der Waals surface area (Å²) in [7, 11) is 0. The molecule has 0 aliphatic carbocycles. The van der Waals surface area contributed by atoms with Crippen molar-refractivity contribution in [1.29, 1.82) is 0 Å². The second-order valence-corrected chi connectivity index (χ2v) is 6.11. The molecular weight excluding hydrogens is 276 g/mol. The third-order valence-electron chi connectivity index (χ3n) is 3.89. The van der Waals surface area contributed by atoms with E-state index in [9.17, 15) is 4.79 Å². The fraction of sp³-hybridized carbons (Fsp3) is 0.944. The maximum Gasteiger partial charge on any atom is 0.220 e. The van der Waals surface area contributed by atoms with Crippen molar-refractivity contribution in [1.82, 2.24) is 10.6 Å². The van der Waals surface area contributed by atoms with Crippen LogP contribution in [0, 0.1) is 0 Å². The highest BCUT2D eigenvalue weighted by atomic mass is 16.2. The van der Waals surface area contributed by atoms with Crippen molar-refractivity contribution in [3.05, 3.63) is 0 Å². The number of hydrogen-bond donors (Lipinski definition) is 3. The van der Waals surface area contributed by atoms with Crippen LogP contribution in [0.4, 0.5) is 0 Å². The number of aliphatic hydroxyl groups is 1. The van der Waals surface area contributed by atoms with E-state index >= 15 is 0 Å². The molecule has 0 saturated carbocycles. The highest BCUT2D eigenvalue weighted by Crippen LogP contribution is 2.06. The molecule has 0 saturated heterocycles. The Balaban J connectivity index is 3.08. The molecule has 22 heavy (non-hydrogen) atoms. The summed E-state index contributed by atoms with van der Waals surface area (Å²) in [6, 6.07) is 0. The van der Waals surface area contributed by atoms with Gasteiger partial charge < -0.3 is 15.7 Å². The molecule has 0 atom stereocenters. The number of amides is 1. The topological polar surface area (TPSA) is 61.4 Å². The standard InChI is InChI=1S/C18H38N2O2/c1-2-3-4-10-13-18(22)20-16-15-19-14-11-8-6-5-7-9-12-17-21/h19,21H,2-17H2,1H3,(H,20,22). The molecule has 0 aliphatic rings. The molecule has 0 fully saturated rings. The van der Waals surface area contributed by atoms with E-state index in [4.69, 9.17) is 5.11 Å². The molecule has 0 spiro atoms. The van der Waals surface area contributed by atoms with E-state index in [1.807, 2.05) is 0 Å². The van der Waals surface area contributed by atoms with Gasteiger partial charge >= 0.3 is 0 Å². The minimum atomic E-state index is 0.195. The van der Waals surface area contributed by atoms with Crippen LogP contribution in [-0.2, 0) is 4.79 Å². The van der Waals surface area contributed by atoms with Gasteiger partial charge in [0, 0.05) is 26.1 Å². The van der Waals surface area contributed by atoms with Crippen LogP contribution in [0.15, 0.2) is 0 Å².